The number of aliphatic hydroxyl groups is 1. The first-order chi connectivity index (χ1) is 18.2. The molecule has 1 aliphatic heterocycles. The number of carbonyl (C=O) groups is 1. The zero-order valence-corrected chi connectivity index (χ0v) is 20.7. The van der Waals surface area contributed by atoms with Gasteiger partial charge in [0.2, 0.25) is 0 Å². The highest BCUT2D eigenvalue weighted by molar-refractivity contribution is 6.00. The normalized spacial score (nSPS) is 15.7. The van der Waals surface area contributed by atoms with Gasteiger partial charge >= 0.3 is 6.18 Å². The summed E-state index contributed by atoms with van der Waals surface area (Å²) in [6, 6.07) is 6.26. The van der Waals surface area contributed by atoms with E-state index in [0.717, 1.165) is 11.8 Å². The largest absolute Gasteiger partial charge is 0.497 e. The molecule has 0 saturated carbocycles. The number of H-pyrrole nitrogens is 1. The molecular formula is C25H26F3N7O3. The molecule has 1 fully saturated rings. The Labute approximate surface area is 215 Å². The number of rotatable bonds is 6. The molecule has 0 bridgehead atoms. The Morgan fingerprint density at radius 2 is 1.87 bits per heavy atom. The van der Waals surface area contributed by atoms with Gasteiger partial charge in [-0.1, -0.05) is 0 Å². The molecule has 0 radical (unpaired) electrons. The maximum atomic E-state index is 14.2. The molecule has 2 N–H and O–H groups in total. The van der Waals surface area contributed by atoms with Crippen LogP contribution in [-0.4, -0.2) is 85.5 Å². The molecule has 0 unspecified atom stereocenters. The van der Waals surface area contributed by atoms with E-state index in [1.807, 2.05) is 4.90 Å². The second kappa shape index (κ2) is 10.1. The van der Waals surface area contributed by atoms with E-state index in [1.54, 1.807) is 41.6 Å². The third-order valence-corrected chi connectivity index (χ3v) is 6.87. The van der Waals surface area contributed by atoms with Crippen LogP contribution in [0.25, 0.3) is 16.9 Å². The second-order valence-corrected chi connectivity index (χ2v) is 9.01. The Morgan fingerprint density at radius 1 is 1.16 bits per heavy atom. The summed E-state index contributed by atoms with van der Waals surface area (Å²) in [6.07, 6.45) is -0.226. The fourth-order valence-corrected chi connectivity index (χ4v) is 4.87. The number of methoxy groups -OCH3 is 1. The number of piperazine rings is 1. The lowest BCUT2D eigenvalue weighted by atomic mass is 10.0. The molecule has 0 spiro atoms. The van der Waals surface area contributed by atoms with Gasteiger partial charge in [0.25, 0.3) is 5.91 Å². The first-order valence-electron chi connectivity index (χ1n) is 12.0. The summed E-state index contributed by atoms with van der Waals surface area (Å²) in [5.74, 6) is 0.104. The van der Waals surface area contributed by atoms with Gasteiger partial charge in [-0.15, -0.1) is 0 Å². The number of amides is 1. The van der Waals surface area contributed by atoms with Gasteiger partial charge in [0, 0.05) is 49.1 Å². The number of benzene rings is 1. The average Bonchev–Trinajstić information content (AvgIpc) is 3.58. The van der Waals surface area contributed by atoms with Gasteiger partial charge < -0.3 is 14.7 Å². The van der Waals surface area contributed by atoms with E-state index in [0.29, 0.717) is 42.0 Å². The lowest BCUT2D eigenvalue weighted by Crippen LogP contribution is -2.50. The van der Waals surface area contributed by atoms with E-state index in [1.165, 1.54) is 14.0 Å². The van der Waals surface area contributed by atoms with Crippen molar-refractivity contribution in [2.45, 2.75) is 19.1 Å². The van der Waals surface area contributed by atoms with Crippen molar-refractivity contribution in [1.29, 1.82) is 0 Å². The first-order valence-corrected chi connectivity index (χ1v) is 12.0. The second-order valence-electron chi connectivity index (χ2n) is 9.01. The van der Waals surface area contributed by atoms with Gasteiger partial charge in [0.05, 0.1) is 37.8 Å². The molecule has 10 nitrogen and oxygen atoms in total. The molecule has 4 heterocycles. The molecule has 1 aliphatic rings. The van der Waals surface area contributed by atoms with Crippen LogP contribution in [0.2, 0.25) is 0 Å². The third-order valence-electron chi connectivity index (χ3n) is 6.87. The van der Waals surface area contributed by atoms with Gasteiger partial charge in [-0.25, -0.2) is 9.50 Å². The minimum Gasteiger partial charge on any atom is -0.497 e. The molecule has 0 aliphatic carbocycles. The first kappa shape index (κ1) is 25.7. The Balaban J connectivity index is 1.47. The molecule has 5 rings (SSSR count). The van der Waals surface area contributed by atoms with Crippen molar-refractivity contribution in [3.63, 3.8) is 0 Å². The van der Waals surface area contributed by atoms with E-state index < -0.39 is 17.8 Å². The van der Waals surface area contributed by atoms with Crippen LogP contribution in [0.3, 0.4) is 0 Å². The molecule has 1 saturated heterocycles. The average molecular weight is 530 g/mol. The van der Waals surface area contributed by atoms with Gasteiger partial charge in [0.15, 0.2) is 11.3 Å². The summed E-state index contributed by atoms with van der Waals surface area (Å²) < 4.78 is 48.4. The number of halogens is 3. The van der Waals surface area contributed by atoms with Crippen molar-refractivity contribution >= 4 is 11.6 Å². The van der Waals surface area contributed by atoms with E-state index in [9.17, 15) is 23.1 Å². The van der Waals surface area contributed by atoms with Crippen LogP contribution in [-0.2, 0) is 6.18 Å². The lowest BCUT2D eigenvalue weighted by molar-refractivity contribution is -0.143. The number of aromatic nitrogens is 5. The number of carbonyl (C=O) groups excluding carboxylic acids is 1. The molecule has 13 heteroatoms. The number of aromatic amines is 1. The minimum atomic E-state index is -4.73. The van der Waals surface area contributed by atoms with Gasteiger partial charge in [-0.05, 0) is 31.2 Å². The van der Waals surface area contributed by atoms with Crippen molar-refractivity contribution in [1.82, 2.24) is 34.6 Å². The monoisotopic (exact) mass is 529 g/mol. The van der Waals surface area contributed by atoms with Crippen LogP contribution in [0.1, 0.15) is 33.2 Å². The summed E-state index contributed by atoms with van der Waals surface area (Å²) in [4.78, 5) is 21.6. The standard InChI is InChI=1S/C25H26F3N7O3/c1-15-21(16-3-5-18(38-2)6-4-16)32-23-19(13-31-35(23)22(15)25(26,27)28)24(37)34-9-7-33(8-10-34)20(14-36)17-11-29-30-12-17/h3-6,11-13,20,36H,7-10,14H2,1-2H3,(H,29,30)/t20-/m0/s1. The minimum absolute atomic E-state index is 0.00717. The summed E-state index contributed by atoms with van der Waals surface area (Å²) in [5, 5.41) is 20.5. The van der Waals surface area contributed by atoms with Crippen molar-refractivity contribution in [3.8, 4) is 17.0 Å². The number of aliphatic hydroxyl groups excluding tert-OH is 1. The van der Waals surface area contributed by atoms with Crippen LogP contribution in [0.15, 0.2) is 42.9 Å². The SMILES string of the molecule is COc1ccc(-c2nc3c(C(=O)N4CCN([C@@H](CO)c5cn[nH]c5)CC4)cnn3c(C(F)(F)F)c2C)cc1. The summed E-state index contributed by atoms with van der Waals surface area (Å²) in [6.45, 7) is 2.83. The summed E-state index contributed by atoms with van der Waals surface area (Å²) in [7, 11) is 1.50. The highest BCUT2D eigenvalue weighted by atomic mass is 19.4. The van der Waals surface area contributed by atoms with Crippen LogP contribution in [0.5, 0.6) is 5.75 Å². The Bertz CT molecular complexity index is 1430. The summed E-state index contributed by atoms with van der Waals surface area (Å²) in [5.41, 5.74) is 0.153. The van der Waals surface area contributed by atoms with Crippen LogP contribution in [0.4, 0.5) is 13.2 Å². The van der Waals surface area contributed by atoms with E-state index in [-0.39, 0.29) is 35.1 Å². The Kier molecular flexibility index (Phi) is 6.80. The Hall–Kier alpha value is -3.97. The molecule has 1 amide bonds. The number of hydrogen-bond acceptors (Lipinski definition) is 7. The zero-order chi connectivity index (χ0) is 27.0. The van der Waals surface area contributed by atoms with Crippen molar-refractivity contribution < 1.29 is 27.8 Å². The predicted molar refractivity (Wildman–Crippen MR) is 131 cm³/mol. The van der Waals surface area contributed by atoms with Crippen LogP contribution in [0, 0.1) is 6.92 Å². The maximum absolute atomic E-state index is 14.2. The van der Waals surface area contributed by atoms with Gasteiger partial charge in [-0.2, -0.15) is 23.4 Å². The zero-order valence-electron chi connectivity index (χ0n) is 20.7. The topological polar surface area (TPSA) is 112 Å². The summed E-state index contributed by atoms with van der Waals surface area (Å²) >= 11 is 0. The number of nitrogens with one attached hydrogen (secondary N) is 1. The smallest absolute Gasteiger partial charge is 0.433 e. The maximum Gasteiger partial charge on any atom is 0.433 e. The highest BCUT2D eigenvalue weighted by Gasteiger charge is 2.39. The molecule has 4 aromatic rings. The van der Waals surface area contributed by atoms with Crippen molar-refractivity contribution in [3.05, 3.63) is 65.2 Å². The van der Waals surface area contributed by atoms with Gasteiger partial charge in [0.1, 0.15) is 11.3 Å². The molecule has 200 valence electrons. The molecule has 3 aromatic heterocycles. The lowest BCUT2D eigenvalue weighted by Gasteiger charge is -2.38. The van der Waals surface area contributed by atoms with E-state index in [2.05, 4.69) is 20.3 Å². The van der Waals surface area contributed by atoms with Crippen LogP contribution >= 0.6 is 0 Å². The van der Waals surface area contributed by atoms with E-state index in [4.69, 9.17) is 4.74 Å². The molecule has 1 aromatic carbocycles. The molecule has 38 heavy (non-hydrogen) atoms. The predicted octanol–water partition coefficient (Wildman–Crippen LogP) is 2.95. The van der Waals surface area contributed by atoms with E-state index >= 15 is 0 Å². The number of fused-ring (bicyclic) bond motifs is 1. The molecular weight excluding hydrogens is 503 g/mol. The van der Waals surface area contributed by atoms with Crippen LogP contribution < -0.4 is 4.74 Å². The Morgan fingerprint density at radius 3 is 2.45 bits per heavy atom. The highest BCUT2D eigenvalue weighted by Crippen LogP contribution is 2.37. The number of nitrogens with zero attached hydrogens (tertiary/aromatic N) is 6. The number of ether oxygens (including phenoxy) is 1. The fourth-order valence-electron chi connectivity index (χ4n) is 4.87. The van der Waals surface area contributed by atoms with Crippen molar-refractivity contribution in [2.75, 3.05) is 39.9 Å². The van der Waals surface area contributed by atoms with Gasteiger partial charge in [-0.3, -0.25) is 14.8 Å². The molecule has 1 atom stereocenters. The number of hydrogen-bond donors (Lipinski definition) is 2. The quantitative estimate of drug-likeness (QED) is 0.395. The third kappa shape index (κ3) is 4.58. The van der Waals surface area contributed by atoms with Crippen molar-refractivity contribution in [2.24, 2.45) is 0 Å². The number of alkyl halides is 3. The fraction of sp³-hybridized carbons (Fsp3) is 0.360.